The first-order chi connectivity index (χ1) is 12.1. The average molecular weight is 359 g/mol. The van der Waals surface area contributed by atoms with Gasteiger partial charge in [-0.3, -0.25) is 9.69 Å². The van der Waals surface area contributed by atoms with Crippen LogP contribution in [0, 0.1) is 11.3 Å². The topological polar surface area (TPSA) is 74.4 Å². The van der Waals surface area contributed by atoms with Crippen molar-refractivity contribution in [3.8, 4) is 6.07 Å². The van der Waals surface area contributed by atoms with Gasteiger partial charge in [0.05, 0.1) is 18.3 Å². The van der Waals surface area contributed by atoms with Crippen molar-refractivity contribution < 1.29 is 4.74 Å². The highest BCUT2D eigenvalue weighted by atomic mass is 32.1. The van der Waals surface area contributed by atoms with Crippen LogP contribution in [-0.2, 0) is 18.3 Å². The number of morpholine rings is 1. The van der Waals surface area contributed by atoms with Gasteiger partial charge in [-0.15, -0.1) is 11.3 Å². The predicted octanol–water partition coefficient (Wildman–Crippen LogP) is 1.05. The summed E-state index contributed by atoms with van der Waals surface area (Å²) in [5.41, 5.74) is 0.607. The van der Waals surface area contributed by atoms with Gasteiger partial charge in [0.1, 0.15) is 6.07 Å². The van der Waals surface area contributed by atoms with Gasteiger partial charge in [0.2, 0.25) is 0 Å². The first-order valence-corrected chi connectivity index (χ1v) is 8.99. The monoisotopic (exact) mass is 359 g/mol. The summed E-state index contributed by atoms with van der Waals surface area (Å²) in [5.74, 6) is 0.433. The van der Waals surface area contributed by atoms with Gasteiger partial charge in [-0.05, 0) is 6.07 Å². The first kappa shape index (κ1) is 17.6. The van der Waals surface area contributed by atoms with Crippen molar-refractivity contribution in [3.05, 3.63) is 44.6 Å². The third-order valence-electron chi connectivity index (χ3n) is 4.22. The highest BCUT2D eigenvalue weighted by Crippen LogP contribution is 2.18. The predicted molar refractivity (Wildman–Crippen MR) is 96.8 cm³/mol. The third kappa shape index (κ3) is 4.25. The van der Waals surface area contributed by atoms with Gasteiger partial charge >= 0.3 is 0 Å². The number of likely N-dealkylation sites (N-methyl/N-ethyl adjacent to an activating group) is 1. The van der Waals surface area contributed by atoms with E-state index >= 15 is 0 Å². The van der Waals surface area contributed by atoms with Gasteiger partial charge in [-0.1, -0.05) is 0 Å². The Morgan fingerprint density at radius 2 is 2.40 bits per heavy atom. The van der Waals surface area contributed by atoms with Crippen molar-refractivity contribution in [2.24, 2.45) is 7.05 Å². The quantitative estimate of drug-likeness (QED) is 0.794. The van der Waals surface area contributed by atoms with Crippen LogP contribution in [0.4, 0.5) is 5.82 Å². The Kier molecular flexibility index (Phi) is 5.48. The number of aromatic nitrogens is 2. The molecule has 1 fully saturated rings. The minimum absolute atomic E-state index is 0.0147. The lowest BCUT2D eigenvalue weighted by atomic mass is 10.2. The molecule has 1 aliphatic rings. The summed E-state index contributed by atoms with van der Waals surface area (Å²) in [6.45, 7) is 3.75. The van der Waals surface area contributed by atoms with Gasteiger partial charge in [0, 0.05) is 62.9 Å². The van der Waals surface area contributed by atoms with E-state index in [9.17, 15) is 4.79 Å². The Labute approximate surface area is 150 Å². The van der Waals surface area contributed by atoms with Crippen LogP contribution in [0.1, 0.15) is 10.4 Å². The standard InChI is InChI=1S/C17H21N5O2S/c1-20-4-3-19-16(17(20)23)21(2)9-14-10-22(5-6-24-14)11-15-7-13(8-18)12-25-15/h3-4,7,12,14H,5-6,9-11H2,1-2H3. The molecule has 0 saturated carbocycles. The van der Waals surface area contributed by atoms with Crippen molar-refractivity contribution >= 4 is 17.2 Å². The molecule has 0 aromatic carbocycles. The number of aryl methyl sites for hydroxylation is 1. The first-order valence-electron chi connectivity index (χ1n) is 8.11. The molecule has 1 atom stereocenters. The van der Waals surface area contributed by atoms with E-state index in [1.54, 1.807) is 30.8 Å². The molecular formula is C17H21N5O2S. The lowest BCUT2D eigenvalue weighted by Gasteiger charge is -2.34. The molecular weight excluding hydrogens is 338 g/mol. The van der Waals surface area contributed by atoms with E-state index in [0.717, 1.165) is 25.2 Å². The molecule has 7 nitrogen and oxygen atoms in total. The summed E-state index contributed by atoms with van der Waals surface area (Å²) in [5, 5.41) is 10.8. The molecule has 1 unspecified atom stereocenters. The zero-order valence-corrected chi connectivity index (χ0v) is 15.2. The Hall–Kier alpha value is -2.21. The molecule has 0 radical (unpaired) electrons. The molecule has 25 heavy (non-hydrogen) atoms. The largest absolute Gasteiger partial charge is 0.374 e. The third-order valence-corrected chi connectivity index (χ3v) is 5.14. The molecule has 0 N–H and O–H groups in total. The number of anilines is 1. The highest BCUT2D eigenvalue weighted by molar-refractivity contribution is 7.10. The molecule has 0 amide bonds. The van der Waals surface area contributed by atoms with E-state index in [4.69, 9.17) is 10.00 Å². The number of ether oxygens (including phenoxy) is 1. The summed E-state index contributed by atoms with van der Waals surface area (Å²) in [6, 6.07) is 4.11. The normalized spacial score (nSPS) is 18.0. The van der Waals surface area contributed by atoms with Crippen molar-refractivity contribution in [1.82, 2.24) is 14.5 Å². The van der Waals surface area contributed by atoms with E-state index in [1.807, 2.05) is 23.4 Å². The molecule has 3 rings (SSSR count). The van der Waals surface area contributed by atoms with Gasteiger partial charge in [-0.2, -0.15) is 5.26 Å². The number of hydrogen-bond acceptors (Lipinski definition) is 7. The summed E-state index contributed by atoms with van der Waals surface area (Å²) < 4.78 is 7.39. The van der Waals surface area contributed by atoms with E-state index in [1.165, 1.54) is 9.44 Å². The summed E-state index contributed by atoms with van der Waals surface area (Å²) in [4.78, 5) is 21.7. The smallest absolute Gasteiger partial charge is 0.293 e. The van der Waals surface area contributed by atoms with E-state index in [2.05, 4.69) is 16.0 Å². The van der Waals surface area contributed by atoms with Gasteiger partial charge in [-0.25, -0.2) is 4.98 Å². The molecule has 132 valence electrons. The number of rotatable bonds is 5. The van der Waals surface area contributed by atoms with Gasteiger partial charge < -0.3 is 14.2 Å². The fourth-order valence-corrected chi connectivity index (χ4v) is 3.77. The number of thiophene rings is 1. The SMILES string of the molecule is CN(CC1CN(Cc2cc(C#N)cs2)CCO1)c1nccn(C)c1=O. The van der Waals surface area contributed by atoms with Gasteiger partial charge in [0.25, 0.3) is 5.56 Å². The van der Waals surface area contributed by atoms with Crippen LogP contribution in [0.15, 0.2) is 28.6 Å². The minimum Gasteiger partial charge on any atom is -0.374 e. The molecule has 2 aromatic heterocycles. The Bertz CT molecular complexity index is 825. The minimum atomic E-state index is -0.111. The zero-order chi connectivity index (χ0) is 17.8. The van der Waals surface area contributed by atoms with Crippen LogP contribution in [0.2, 0.25) is 0 Å². The van der Waals surface area contributed by atoms with Gasteiger partial charge in [0.15, 0.2) is 5.82 Å². The average Bonchev–Trinajstić information content (AvgIpc) is 3.05. The summed E-state index contributed by atoms with van der Waals surface area (Å²) >= 11 is 1.61. The molecule has 1 saturated heterocycles. The van der Waals surface area contributed by atoms with E-state index in [-0.39, 0.29) is 11.7 Å². The maximum Gasteiger partial charge on any atom is 0.293 e. The molecule has 3 heterocycles. The number of hydrogen-bond donors (Lipinski definition) is 0. The number of nitrogens with zero attached hydrogens (tertiary/aromatic N) is 5. The van der Waals surface area contributed by atoms with Crippen LogP contribution in [0.5, 0.6) is 0 Å². The molecule has 2 aromatic rings. The second kappa shape index (κ2) is 7.78. The van der Waals surface area contributed by atoms with Crippen LogP contribution in [0.3, 0.4) is 0 Å². The maximum absolute atomic E-state index is 12.2. The Morgan fingerprint density at radius 3 is 3.16 bits per heavy atom. The van der Waals surface area contributed by atoms with Crippen LogP contribution in [0.25, 0.3) is 0 Å². The lowest BCUT2D eigenvalue weighted by molar-refractivity contribution is -0.0262. The molecule has 0 aliphatic carbocycles. The number of nitriles is 1. The lowest BCUT2D eigenvalue weighted by Crippen LogP contribution is -2.47. The molecule has 0 bridgehead atoms. The maximum atomic E-state index is 12.2. The summed E-state index contributed by atoms with van der Waals surface area (Å²) in [7, 11) is 3.58. The Balaban J connectivity index is 1.60. The fraction of sp³-hybridized carbons (Fsp3) is 0.471. The molecule has 0 spiro atoms. The fourth-order valence-electron chi connectivity index (χ4n) is 2.92. The van der Waals surface area contributed by atoms with Crippen LogP contribution in [-0.4, -0.2) is 53.8 Å². The molecule has 1 aliphatic heterocycles. The van der Waals surface area contributed by atoms with Crippen molar-refractivity contribution in [3.63, 3.8) is 0 Å². The van der Waals surface area contributed by atoms with Crippen molar-refractivity contribution in [1.29, 1.82) is 5.26 Å². The summed E-state index contributed by atoms with van der Waals surface area (Å²) in [6.07, 6.45) is 3.29. The van der Waals surface area contributed by atoms with Crippen molar-refractivity contribution in [2.45, 2.75) is 12.6 Å². The van der Waals surface area contributed by atoms with E-state index < -0.39 is 0 Å². The van der Waals surface area contributed by atoms with Crippen molar-refractivity contribution in [2.75, 3.05) is 38.2 Å². The highest BCUT2D eigenvalue weighted by Gasteiger charge is 2.23. The van der Waals surface area contributed by atoms with E-state index in [0.29, 0.717) is 19.0 Å². The second-order valence-electron chi connectivity index (χ2n) is 6.19. The van der Waals surface area contributed by atoms with Crippen LogP contribution < -0.4 is 10.5 Å². The zero-order valence-electron chi connectivity index (χ0n) is 14.4. The Morgan fingerprint density at radius 1 is 1.56 bits per heavy atom. The van der Waals surface area contributed by atoms with Crippen LogP contribution >= 0.6 is 11.3 Å². The second-order valence-corrected chi connectivity index (χ2v) is 7.18. The molecule has 8 heteroatoms.